The Morgan fingerprint density at radius 3 is 2.42 bits per heavy atom. The number of aryl methyl sites for hydroxylation is 1. The van der Waals surface area contributed by atoms with E-state index in [-0.39, 0.29) is 11.5 Å². The smallest absolute Gasteiger partial charge is 0.268 e. The fraction of sp³-hybridized carbons (Fsp3) is 0.0667. The molecule has 0 fully saturated rings. The summed E-state index contributed by atoms with van der Waals surface area (Å²) in [6, 6.07) is 9.75. The molecule has 0 spiro atoms. The first-order valence-electron chi connectivity index (χ1n) is 6.82. The maximum Gasteiger partial charge on any atom is 0.300 e. The molecule has 0 saturated carbocycles. The topological polar surface area (TPSA) is 121 Å². The Bertz CT molecular complexity index is 1060. The minimum absolute atomic E-state index is 0.0636. The van der Waals surface area contributed by atoms with E-state index in [1.54, 1.807) is 31.2 Å². The average molecular weight is 326 g/mol. The van der Waals surface area contributed by atoms with Crippen molar-refractivity contribution >= 4 is 22.3 Å². The predicted molar refractivity (Wildman–Crippen MR) is 85.4 cm³/mol. The Hall–Kier alpha value is -3.62. The van der Waals surface area contributed by atoms with Crippen molar-refractivity contribution < 1.29 is 9.85 Å². The quantitative estimate of drug-likeness (QED) is 0.538. The van der Waals surface area contributed by atoms with Crippen LogP contribution in [0, 0.1) is 27.2 Å². The van der Waals surface area contributed by atoms with Gasteiger partial charge >= 0.3 is 0 Å². The number of fused-ring (bicyclic) bond motifs is 1. The SMILES string of the molecule is Cc1nc2ccccc2c(=O)n1-c1ccc([N+](=O)[O-])cc1[N+](=O)[O-]. The summed E-state index contributed by atoms with van der Waals surface area (Å²) in [5, 5.41) is 22.4. The molecule has 24 heavy (non-hydrogen) atoms. The average Bonchev–Trinajstić information content (AvgIpc) is 2.54. The maximum atomic E-state index is 12.7. The van der Waals surface area contributed by atoms with Crippen molar-refractivity contribution in [3.8, 4) is 5.69 Å². The summed E-state index contributed by atoms with van der Waals surface area (Å²) in [7, 11) is 0. The lowest BCUT2D eigenvalue weighted by atomic mass is 10.2. The van der Waals surface area contributed by atoms with E-state index in [0.717, 1.165) is 16.7 Å². The van der Waals surface area contributed by atoms with Gasteiger partial charge in [0.1, 0.15) is 11.5 Å². The zero-order valence-electron chi connectivity index (χ0n) is 12.4. The lowest BCUT2D eigenvalue weighted by molar-refractivity contribution is -0.394. The van der Waals surface area contributed by atoms with E-state index in [2.05, 4.69) is 4.98 Å². The minimum atomic E-state index is -0.761. The summed E-state index contributed by atoms with van der Waals surface area (Å²) >= 11 is 0. The van der Waals surface area contributed by atoms with Crippen molar-refractivity contribution in [1.82, 2.24) is 9.55 Å². The number of hydrogen-bond donors (Lipinski definition) is 0. The summed E-state index contributed by atoms with van der Waals surface area (Å²) in [6.45, 7) is 1.54. The summed E-state index contributed by atoms with van der Waals surface area (Å²) < 4.78 is 1.09. The lowest BCUT2D eigenvalue weighted by Crippen LogP contribution is -2.23. The van der Waals surface area contributed by atoms with Crippen molar-refractivity contribution in [1.29, 1.82) is 0 Å². The van der Waals surface area contributed by atoms with Gasteiger partial charge in [-0.2, -0.15) is 0 Å². The monoisotopic (exact) mass is 326 g/mol. The highest BCUT2D eigenvalue weighted by molar-refractivity contribution is 5.78. The molecule has 120 valence electrons. The maximum absolute atomic E-state index is 12.7. The molecule has 0 aliphatic rings. The number of benzene rings is 2. The van der Waals surface area contributed by atoms with Gasteiger partial charge in [0.25, 0.3) is 16.9 Å². The number of hydrogen-bond acceptors (Lipinski definition) is 6. The van der Waals surface area contributed by atoms with Gasteiger partial charge in [-0.3, -0.25) is 29.6 Å². The van der Waals surface area contributed by atoms with E-state index in [1.807, 2.05) is 0 Å². The van der Waals surface area contributed by atoms with E-state index in [4.69, 9.17) is 0 Å². The van der Waals surface area contributed by atoms with Gasteiger partial charge in [-0.05, 0) is 25.1 Å². The summed E-state index contributed by atoms with van der Waals surface area (Å²) in [4.78, 5) is 37.6. The van der Waals surface area contributed by atoms with Crippen molar-refractivity contribution in [2.75, 3.05) is 0 Å². The highest BCUT2D eigenvalue weighted by atomic mass is 16.6. The zero-order valence-corrected chi connectivity index (χ0v) is 12.4. The van der Waals surface area contributed by atoms with Crippen LogP contribution in [-0.4, -0.2) is 19.4 Å². The number of rotatable bonds is 3. The van der Waals surface area contributed by atoms with Crippen LogP contribution in [0.5, 0.6) is 0 Å². The Morgan fingerprint density at radius 2 is 1.75 bits per heavy atom. The molecule has 0 aliphatic heterocycles. The molecule has 0 saturated heterocycles. The predicted octanol–water partition coefficient (Wildman–Crippen LogP) is 2.51. The first-order valence-corrected chi connectivity index (χ1v) is 6.82. The highest BCUT2D eigenvalue weighted by Gasteiger charge is 2.23. The molecule has 0 atom stereocenters. The first kappa shape index (κ1) is 15.3. The number of nitro groups is 2. The number of nitrogens with zero attached hydrogens (tertiary/aromatic N) is 4. The second-order valence-electron chi connectivity index (χ2n) is 5.00. The second-order valence-corrected chi connectivity index (χ2v) is 5.00. The van der Waals surface area contributed by atoms with E-state index in [0.29, 0.717) is 10.9 Å². The Balaban J connectivity index is 2.38. The number of non-ortho nitro benzene ring substituents is 1. The molecule has 0 radical (unpaired) electrons. The van der Waals surface area contributed by atoms with Gasteiger partial charge in [0, 0.05) is 6.07 Å². The Kier molecular flexibility index (Phi) is 3.53. The zero-order chi connectivity index (χ0) is 17.4. The molecule has 0 bridgehead atoms. The molecule has 1 aromatic heterocycles. The Morgan fingerprint density at radius 1 is 1.04 bits per heavy atom. The van der Waals surface area contributed by atoms with Crippen LogP contribution in [0.2, 0.25) is 0 Å². The molecule has 0 aliphatic carbocycles. The van der Waals surface area contributed by atoms with Gasteiger partial charge in [-0.1, -0.05) is 12.1 Å². The molecule has 3 aromatic rings. The van der Waals surface area contributed by atoms with Gasteiger partial charge in [0.05, 0.1) is 26.8 Å². The van der Waals surface area contributed by atoms with Crippen LogP contribution >= 0.6 is 0 Å². The molecule has 3 rings (SSSR count). The van der Waals surface area contributed by atoms with E-state index < -0.39 is 26.8 Å². The standard InChI is InChI=1S/C15H10N4O5/c1-9-16-12-5-3-2-4-11(12)15(20)17(9)13-7-6-10(18(21)22)8-14(13)19(23)24/h2-8H,1H3. The van der Waals surface area contributed by atoms with Crippen molar-refractivity contribution in [3.05, 3.63) is 78.9 Å². The molecule has 2 aromatic carbocycles. The van der Waals surface area contributed by atoms with Crippen molar-refractivity contribution in [2.45, 2.75) is 6.92 Å². The van der Waals surface area contributed by atoms with Gasteiger partial charge in [-0.25, -0.2) is 4.98 Å². The molecule has 1 heterocycles. The van der Waals surface area contributed by atoms with Gasteiger partial charge in [-0.15, -0.1) is 0 Å². The summed E-state index contributed by atoms with van der Waals surface area (Å²) in [5.74, 6) is 0.246. The second kappa shape index (κ2) is 5.54. The van der Waals surface area contributed by atoms with Crippen LogP contribution in [0.15, 0.2) is 47.3 Å². The summed E-state index contributed by atoms with van der Waals surface area (Å²) in [5.41, 5.74) is -1.03. The largest absolute Gasteiger partial charge is 0.300 e. The minimum Gasteiger partial charge on any atom is -0.268 e. The molecule has 0 N–H and O–H groups in total. The molecular weight excluding hydrogens is 316 g/mol. The van der Waals surface area contributed by atoms with E-state index in [1.165, 1.54) is 6.07 Å². The van der Waals surface area contributed by atoms with Crippen LogP contribution in [0.1, 0.15) is 5.82 Å². The fourth-order valence-electron chi connectivity index (χ4n) is 2.49. The van der Waals surface area contributed by atoms with Crippen LogP contribution in [0.4, 0.5) is 11.4 Å². The molecule has 9 nitrogen and oxygen atoms in total. The molecule has 0 unspecified atom stereocenters. The van der Waals surface area contributed by atoms with E-state index >= 15 is 0 Å². The van der Waals surface area contributed by atoms with Crippen LogP contribution in [-0.2, 0) is 0 Å². The van der Waals surface area contributed by atoms with Gasteiger partial charge < -0.3 is 0 Å². The van der Waals surface area contributed by atoms with Crippen LogP contribution in [0.3, 0.4) is 0 Å². The third kappa shape index (κ3) is 2.37. The first-order chi connectivity index (χ1) is 11.4. The van der Waals surface area contributed by atoms with Gasteiger partial charge in [0.15, 0.2) is 0 Å². The number of aromatic nitrogens is 2. The third-order valence-electron chi connectivity index (χ3n) is 3.55. The fourth-order valence-corrected chi connectivity index (χ4v) is 2.49. The molecule has 9 heteroatoms. The van der Waals surface area contributed by atoms with Gasteiger partial charge in [0.2, 0.25) is 0 Å². The Labute approximate surface area is 134 Å². The normalized spacial score (nSPS) is 10.7. The highest BCUT2D eigenvalue weighted by Crippen LogP contribution is 2.27. The lowest BCUT2D eigenvalue weighted by Gasteiger charge is -2.11. The van der Waals surface area contributed by atoms with Crippen LogP contribution < -0.4 is 5.56 Å². The molecule has 0 amide bonds. The third-order valence-corrected chi connectivity index (χ3v) is 3.55. The van der Waals surface area contributed by atoms with E-state index in [9.17, 15) is 25.0 Å². The number of para-hydroxylation sites is 1. The van der Waals surface area contributed by atoms with Crippen LogP contribution in [0.25, 0.3) is 16.6 Å². The molecular formula is C15H10N4O5. The van der Waals surface area contributed by atoms with Crippen molar-refractivity contribution in [2.24, 2.45) is 0 Å². The number of nitro benzene ring substituents is 2. The summed E-state index contributed by atoms with van der Waals surface area (Å²) in [6.07, 6.45) is 0. The van der Waals surface area contributed by atoms with Crippen molar-refractivity contribution in [3.63, 3.8) is 0 Å².